The summed E-state index contributed by atoms with van der Waals surface area (Å²) in [5.74, 6) is -1.31. The molecule has 29 heavy (non-hydrogen) atoms. The Morgan fingerprint density at radius 1 is 1.21 bits per heavy atom. The number of anilines is 1. The van der Waals surface area contributed by atoms with Gasteiger partial charge in [-0.25, -0.2) is 4.79 Å². The lowest BCUT2D eigenvalue weighted by Crippen LogP contribution is -2.23. The summed E-state index contributed by atoms with van der Waals surface area (Å²) in [6.07, 6.45) is 0.192. The summed E-state index contributed by atoms with van der Waals surface area (Å²) in [5, 5.41) is 21.3. The van der Waals surface area contributed by atoms with Gasteiger partial charge in [0.25, 0.3) is 5.91 Å². The van der Waals surface area contributed by atoms with Gasteiger partial charge in [0.15, 0.2) is 17.6 Å². The molecule has 2 N–H and O–H groups in total. The van der Waals surface area contributed by atoms with Gasteiger partial charge in [-0.05, 0) is 56.2 Å². The van der Waals surface area contributed by atoms with Crippen LogP contribution in [0.25, 0.3) is 6.08 Å². The molecule has 0 radical (unpaired) electrons. The van der Waals surface area contributed by atoms with Crippen LogP contribution in [0.4, 0.5) is 5.69 Å². The van der Waals surface area contributed by atoms with Gasteiger partial charge in [-0.15, -0.1) is 0 Å². The van der Waals surface area contributed by atoms with E-state index < -0.39 is 18.0 Å². The summed E-state index contributed by atoms with van der Waals surface area (Å²) in [6, 6.07) is 12.3. The average Bonchev–Trinajstić information content (AvgIpc) is 2.65. The fourth-order valence-corrected chi connectivity index (χ4v) is 2.71. The minimum Gasteiger partial charge on any atom is -0.493 e. The van der Waals surface area contributed by atoms with Gasteiger partial charge in [0.2, 0.25) is 0 Å². The Morgan fingerprint density at radius 3 is 2.41 bits per heavy atom. The molecule has 150 valence electrons. The number of benzene rings is 2. The Bertz CT molecular complexity index is 984. The van der Waals surface area contributed by atoms with E-state index in [4.69, 9.17) is 14.6 Å². The second-order valence-electron chi connectivity index (χ2n) is 6.48. The van der Waals surface area contributed by atoms with Crippen LogP contribution in [-0.4, -0.2) is 30.2 Å². The van der Waals surface area contributed by atoms with Crippen LogP contribution in [0.5, 0.6) is 11.5 Å². The molecule has 0 spiro atoms. The number of nitriles is 1. The molecular formula is C22H22N2O5. The molecule has 0 aliphatic carbocycles. The van der Waals surface area contributed by atoms with Crippen molar-refractivity contribution in [3.8, 4) is 17.6 Å². The lowest BCUT2D eigenvalue weighted by molar-refractivity contribution is -0.144. The molecule has 0 unspecified atom stereocenters. The summed E-state index contributed by atoms with van der Waals surface area (Å²) < 4.78 is 10.7. The van der Waals surface area contributed by atoms with Gasteiger partial charge in [-0.2, -0.15) is 5.26 Å². The van der Waals surface area contributed by atoms with Gasteiger partial charge in [-0.1, -0.05) is 18.2 Å². The minimum atomic E-state index is -1.15. The fourth-order valence-electron chi connectivity index (χ4n) is 2.71. The van der Waals surface area contributed by atoms with E-state index in [1.807, 2.05) is 26.0 Å². The third-order valence-electron chi connectivity index (χ3n) is 4.02. The SMILES string of the molecule is COc1cccc(/C=C(/C#N)C(=O)Nc2cc(C)cc(C)c2)c1O[C@@H](C)C(=O)O. The highest BCUT2D eigenvalue weighted by Gasteiger charge is 2.19. The predicted octanol–water partition coefficient (Wildman–Crippen LogP) is 3.71. The molecule has 7 nitrogen and oxygen atoms in total. The van der Waals surface area contributed by atoms with E-state index in [1.165, 1.54) is 20.1 Å². The highest BCUT2D eigenvalue weighted by molar-refractivity contribution is 6.10. The minimum absolute atomic E-state index is 0.136. The van der Waals surface area contributed by atoms with Gasteiger partial charge in [0, 0.05) is 11.3 Å². The summed E-state index contributed by atoms with van der Waals surface area (Å²) in [7, 11) is 1.42. The number of amides is 1. The van der Waals surface area contributed by atoms with Crippen LogP contribution in [0.3, 0.4) is 0 Å². The van der Waals surface area contributed by atoms with Crippen molar-refractivity contribution in [1.82, 2.24) is 0 Å². The van der Waals surface area contributed by atoms with Crippen molar-refractivity contribution in [3.63, 3.8) is 0 Å². The maximum absolute atomic E-state index is 12.6. The fraction of sp³-hybridized carbons (Fsp3) is 0.227. The smallest absolute Gasteiger partial charge is 0.344 e. The molecule has 0 bridgehead atoms. The third kappa shape index (κ3) is 5.59. The monoisotopic (exact) mass is 394 g/mol. The first-order valence-electron chi connectivity index (χ1n) is 8.83. The maximum atomic E-state index is 12.6. The summed E-state index contributed by atoms with van der Waals surface area (Å²) >= 11 is 0. The maximum Gasteiger partial charge on any atom is 0.344 e. The number of rotatable bonds is 7. The number of hydrogen-bond acceptors (Lipinski definition) is 5. The van der Waals surface area contributed by atoms with Gasteiger partial charge >= 0.3 is 5.97 Å². The van der Waals surface area contributed by atoms with Crippen LogP contribution in [0.15, 0.2) is 42.0 Å². The topological polar surface area (TPSA) is 109 Å². The Kier molecular flexibility index (Phi) is 6.99. The van der Waals surface area contributed by atoms with E-state index in [0.29, 0.717) is 17.0 Å². The lowest BCUT2D eigenvalue weighted by atomic mass is 10.1. The number of para-hydroxylation sites is 1. The molecule has 0 saturated carbocycles. The molecule has 2 aromatic carbocycles. The first-order valence-corrected chi connectivity index (χ1v) is 8.83. The molecule has 0 heterocycles. The highest BCUT2D eigenvalue weighted by atomic mass is 16.5. The zero-order valence-electron chi connectivity index (χ0n) is 16.6. The van der Waals surface area contributed by atoms with Crippen LogP contribution < -0.4 is 14.8 Å². The first kappa shape index (κ1) is 21.5. The van der Waals surface area contributed by atoms with E-state index in [9.17, 15) is 14.9 Å². The van der Waals surface area contributed by atoms with Gasteiger partial charge in [-0.3, -0.25) is 4.79 Å². The number of carboxylic acid groups (broad SMARTS) is 1. The normalized spacial score (nSPS) is 11.9. The van der Waals surface area contributed by atoms with Gasteiger partial charge in [0.1, 0.15) is 11.6 Å². The molecule has 0 aliphatic heterocycles. The van der Waals surface area contributed by atoms with E-state index in [0.717, 1.165) is 11.1 Å². The molecule has 7 heteroatoms. The number of methoxy groups -OCH3 is 1. The highest BCUT2D eigenvalue weighted by Crippen LogP contribution is 2.33. The third-order valence-corrected chi connectivity index (χ3v) is 4.02. The number of hydrogen-bond donors (Lipinski definition) is 2. The van der Waals surface area contributed by atoms with Crippen molar-refractivity contribution in [2.24, 2.45) is 0 Å². The van der Waals surface area contributed by atoms with Crippen LogP contribution >= 0.6 is 0 Å². The lowest BCUT2D eigenvalue weighted by Gasteiger charge is -2.16. The Labute approximate surface area is 169 Å². The molecule has 0 saturated heterocycles. The number of aryl methyl sites for hydroxylation is 2. The predicted molar refractivity (Wildman–Crippen MR) is 109 cm³/mol. The van der Waals surface area contributed by atoms with E-state index in [2.05, 4.69) is 5.32 Å². The summed E-state index contributed by atoms with van der Waals surface area (Å²) in [5.41, 5.74) is 2.73. The van der Waals surface area contributed by atoms with Crippen LogP contribution in [0, 0.1) is 25.2 Å². The van der Waals surface area contributed by atoms with Crippen molar-refractivity contribution >= 4 is 23.6 Å². The Balaban J connectivity index is 2.40. The van der Waals surface area contributed by atoms with Gasteiger partial charge < -0.3 is 19.9 Å². The van der Waals surface area contributed by atoms with Crippen LogP contribution in [-0.2, 0) is 9.59 Å². The first-order chi connectivity index (χ1) is 13.7. The molecule has 2 aromatic rings. The second-order valence-corrected chi connectivity index (χ2v) is 6.48. The Morgan fingerprint density at radius 2 is 1.86 bits per heavy atom. The zero-order chi connectivity index (χ0) is 21.6. The van der Waals surface area contributed by atoms with Crippen molar-refractivity contribution in [1.29, 1.82) is 5.26 Å². The van der Waals surface area contributed by atoms with Crippen LogP contribution in [0.2, 0.25) is 0 Å². The largest absolute Gasteiger partial charge is 0.493 e. The number of carboxylic acids is 1. The molecule has 0 aromatic heterocycles. The van der Waals surface area contributed by atoms with Crippen molar-refractivity contribution in [2.45, 2.75) is 26.9 Å². The van der Waals surface area contributed by atoms with E-state index in [-0.39, 0.29) is 11.3 Å². The van der Waals surface area contributed by atoms with E-state index >= 15 is 0 Å². The number of nitrogens with one attached hydrogen (secondary N) is 1. The van der Waals surface area contributed by atoms with E-state index in [1.54, 1.807) is 30.3 Å². The average molecular weight is 394 g/mol. The number of nitrogens with zero attached hydrogens (tertiary/aromatic N) is 1. The molecule has 0 aliphatic rings. The summed E-state index contributed by atoms with van der Waals surface area (Å²) in [6.45, 7) is 5.20. The molecular weight excluding hydrogens is 372 g/mol. The number of carbonyl (C=O) groups is 2. The molecule has 1 atom stereocenters. The molecule has 2 rings (SSSR count). The molecule has 0 fully saturated rings. The number of carbonyl (C=O) groups excluding carboxylic acids is 1. The van der Waals surface area contributed by atoms with Crippen molar-refractivity contribution in [2.75, 3.05) is 12.4 Å². The Hall–Kier alpha value is -3.79. The van der Waals surface area contributed by atoms with Gasteiger partial charge in [0.05, 0.1) is 7.11 Å². The number of aliphatic carboxylic acids is 1. The quantitative estimate of drug-likeness (QED) is 0.547. The standard InChI is InChI=1S/C22H22N2O5/c1-13-8-14(2)10-18(9-13)24-21(25)17(12-23)11-16-6-5-7-19(28-4)20(16)29-15(3)22(26)27/h5-11,15H,1-4H3,(H,24,25)(H,26,27)/b17-11-/t15-/m0/s1. The zero-order valence-corrected chi connectivity index (χ0v) is 16.6. The van der Waals surface area contributed by atoms with Crippen molar-refractivity contribution < 1.29 is 24.2 Å². The molecule has 1 amide bonds. The van der Waals surface area contributed by atoms with Crippen LogP contribution in [0.1, 0.15) is 23.6 Å². The number of ether oxygens (including phenoxy) is 2. The second kappa shape index (κ2) is 9.42. The van der Waals surface area contributed by atoms with Crippen molar-refractivity contribution in [3.05, 3.63) is 58.7 Å². The summed E-state index contributed by atoms with van der Waals surface area (Å²) in [4.78, 5) is 23.8.